The smallest absolute Gasteiger partial charge is 0.227 e. The van der Waals surface area contributed by atoms with Gasteiger partial charge in [-0.05, 0) is 36.2 Å². The van der Waals surface area contributed by atoms with Gasteiger partial charge in [0.05, 0.1) is 24.1 Å². The minimum absolute atomic E-state index is 0.247. The first-order chi connectivity index (χ1) is 10.8. The Morgan fingerprint density at radius 1 is 1.14 bits per heavy atom. The van der Waals surface area contributed by atoms with Gasteiger partial charge in [-0.2, -0.15) is 0 Å². The van der Waals surface area contributed by atoms with Crippen LogP contribution in [0.5, 0.6) is 5.75 Å². The van der Waals surface area contributed by atoms with Gasteiger partial charge in [-0.15, -0.1) is 11.8 Å². The molecule has 1 amide bonds. The maximum atomic E-state index is 12.3. The molecule has 2 heterocycles. The summed E-state index contributed by atoms with van der Waals surface area (Å²) < 4.78 is 5.25. The summed E-state index contributed by atoms with van der Waals surface area (Å²) >= 11 is 1.87. The first-order valence-corrected chi connectivity index (χ1v) is 8.37. The topological polar surface area (TPSA) is 29.5 Å². The second-order valence-corrected chi connectivity index (χ2v) is 6.83. The molecule has 2 aliphatic heterocycles. The number of fused-ring (bicyclic) bond motifs is 3. The zero-order valence-electron chi connectivity index (χ0n) is 12.4. The van der Waals surface area contributed by atoms with E-state index in [9.17, 15) is 4.79 Å². The van der Waals surface area contributed by atoms with Crippen LogP contribution in [0.3, 0.4) is 0 Å². The van der Waals surface area contributed by atoms with E-state index < -0.39 is 0 Å². The fraction of sp³-hybridized carbons (Fsp3) is 0.278. The average molecular weight is 311 g/mol. The van der Waals surface area contributed by atoms with E-state index in [0.717, 1.165) is 17.9 Å². The summed E-state index contributed by atoms with van der Waals surface area (Å²) in [5, 5.41) is 0.284. The van der Waals surface area contributed by atoms with Crippen molar-refractivity contribution in [3.8, 4) is 5.75 Å². The van der Waals surface area contributed by atoms with Crippen molar-refractivity contribution >= 4 is 23.4 Å². The molecule has 0 spiro atoms. The number of nitrogens with zero attached hydrogens (tertiary/aromatic N) is 1. The molecule has 4 heteroatoms. The maximum absolute atomic E-state index is 12.3. The molecular formula is C18H17NO2S. The lowest BCUT2D eigenvalue weighted by atomic mass is 10.0. The Bertz CT molecular complexity index is 713. The van der Waals surface area contributed by atoms with Crippen LogP contribution in [0.15, 0.2) is 53.4 Å². The van der Waals surface area contributed by atoms with Gasteiger partial charge < -0.3 is 9.64 Å². The Morgan fingerprint density at radius 2 is 1.91 bits per heavy atom. The van der Waals surface area contributed by atoms with E-state index in [4.69, 9.17) is 4.74 Å². The van der Waals surface area contributed by atoms with E-state index in [1.165, 1.54) is 10.5 Å². The molecular weight excluding hydrogens is 294 g/mol. The van der Waals surface area contributed by atoms with Crippen molar-refractivity contribution in [3.05, 3.63) is 54.1 Å². The van der Waals surface area contributed by atoms with Gasteiger partial charge >= 0.3 is 0 Å². The number of rotatable bonds is 2. The van der Waals surface area contributed by atoms with Gasteiger partial charge in [-0.3, -0.25) is 4.79 Å². The van der Waals surface area contributed by atoms with Gasteiger partial charge in [0.2, 0.25) is 5.91 Å². The maximum Gasteiger partial charge on any atom is 0.227 e. The predicted molar refractivity (Wildman–Crippen MR) is 88.5 cm³/mol. The summed E-state index contributed by atoms with van der Waals surface area (Å²) in [7, 11) is 1.68. The molecule has 2 atom stereocenters. The van der Waals surface area contributed by atoms with E-state index in [0.29, 0.717) is 6.42 Å². The summed E-state index contributed by atoms with van der Waals surface area (Å²) in [4.78, 5) is 15.5. The Labute approximate surface area is 134 Å². The van der Waals surface area contributed by atoms with Crippen LogP contribution < -0.4 is 9.64 Å². The van der Waals surface area contributed by atoms with E-state index in [1.807, 2.05) is 40.9 Å². The molecule has 0 aliphatic carbocycles. The highest BCUT2D eigenvalue weighted by Crippen LogP contribution is 2.52. The zero-order chi connectivity index (χ0) is 15.1. The molecule has 1 unspecified atom stereocenters. The number of benzene rings is 2. The highest BCUT2D eigenvalue weighted by Gasteiger charge is 2.42. The molecule has 1 saturated heterocycles. The van der Waals surface area contributed by atoms with Crippen molar-refractivity contribution in [2.24, 2.45) is 0 Å². The lowest BCUT2D eigenvalue weighted by Crippen LogP contribution is -2.39. The summed E-state index contributed by atoms with van der Waals surface area (Å²) in [6.07, 6.45) is 1.57. The molecule has 4 rings (SSSR count). The summed E-state index contributed by atoms with van der Waals surface area (Å²) in [5.74, 6) is 1.11. The highest BCUT2D eigenvalue weighted by atomic mass is 32.2. The van der Waals surface area contributed by atoms with Crippen LogP contribution in [0.25, 0.3) is 0 Å². The van der Waals surface area contributed by atoms with Gasteiger partial charge in [0.15, 0.2) is 0 Å². The Kier molecular flexibility index (Phi) is 3.34. The lowest BCUT2D eigenvalue weighted by Gasteiger charge is -2.37. The third-order valence-electron chi connectivity index (χ3n) is 4.43. The molecule has 22 heavy (non-hydrogen) atoms. The Balaban J connectivity index is 1.76. The molecule has 2 aromatic carbocycles. The SMILES string of the molecule is COc1ccc([C@@H]2Sc3ccccc3N3C(=O)CCC23)cc1. The summed E-state index contributed by atoms with van der Waals surface area (Å²) in [5.41, 5.74) is 2.33. The Morgan fingerprint density at radius 3 is 2.68 bits per heavy atom. The van der Waals surface area contributed by atoms with Crippen molar-refractivity contribution < 1.29 is 9.53 Å². The highest BCUT2D eigenvalue weighted by molar-refractivity contribution is 7.99. The summed E-state index contributed by atoms with van der Waals surface area (Å²) in [6.45, 7) is 0. The Hall–Kier alpha value is -1.94. The number of hydrogen-bond donors (Lipinski definition) is 0. The number of carbonyl (C=O) groups excluding carboxylic acids is 1. The fourth-order valence-electron chi connectivity index (χ4n) is 3.36. The third-order valence-corrected chi connectivity index (χ3v) is 5.87. The molecule has 0 aromatic heterocycles. The lowest BCUT2D eigenvalue weighted by molar-refractivity contribution is -0.117. The van der Waals surface area contributed by atoms with Crippen LogP contribution in [0.1, 0.15) is 23.7 Å². The number of methoxy groups -OCH3 is 1. The molecule has 0 bridgehead atoms. The molecule has 2 aliphatic rings. The largest absolute Gasteiger partial charge is 0.497 e. The first-order valence-electron chi connectivity index (χ1n) is 7.49. The molecule has 0 N–H and O–H groups in total. The number of thioether (sulfide) groups is 1. The van der Waals surface area contributed by atoms with Crippen LogP contribution in [0, 0.1) is 0 Å². The number of ether oxygens (including phenoxy) is 1. The van der Waals surface area contributed by atoms with Crippen molar-refractivity contribution in [2.45, 2.75) is 29.0 Å². The van der Waals surface area contributed by atoms with Crippen molar-refractivity contribution in [1.29, 1.82) is 0 Å². The molecule has 1 fully saturated rings. The van der Waals surface area contributed by atoms with Crippen molar-refractivity contribution in [2.75, 3.05) is 12.0 Å². The van der Waals surface area contributed by atoms with E-state index in [2.05, 4.69) is 24.3 Å². The van der Waals surface area contributed by atoms with Gasteiger partial charge in [0, 0.05) is 11.3 Å². The van der Waals surface area contributed by atoms with Crippen molar-refractivity contribution in [3.63, 3.8) is 0 Å². The van der Waals surface area contributed by atoms with E-state index in [-0.39, 0.29) is 17.2 Å². The van der Waals surface area contributed by atoms with E-state index >= 15 is 0 Å². The monoisotopic (exact) mass is 311 g/mol. The number of anilines is 1. The minimum atomic E-state index is 0.247. The average Bonchev–Trinajstić information content (AvgIpc) is 2.97. The van der Waals surface area contributed by atoms with Crippen molar-refractivity contribution in [1.82, 2.24) is 0 Å². The van der Waals surface area contributed by atoms with E-state index in [1.54, 1.807) is 7.11 Å². The second-order valence-electron chi connectivity index (χ2n) is 5.65. The summed E-state index contributed by atoms with van der Waals surface area (Å²) in [6, 6.07) is 16.7. The standard InChI is InChI=1S/C18H17NO2S/c1-21-13-8-6-12(7-9-13)18-15-10-11-17(20)19(15)14-4-2-3-5-16(14)22-18/h2-9,15,18H,10-11H2,1H3/t15?,18-/m0/s1. The predicted octanol–water partition coefficient (Wildman–Crippen LogP) is 4.04. The van der Waals surface area contributed by atoms with Crippen LogP contribution in [-0.4, -0.2) is 19.1 Å². The molecule has 0 radical (unpaired) electrons. The van der Waals surface area contributed by atoms with Crippen LogP contribution in [-0.2, 0) is 4.79 Å². The normalized spacial score (nSPS) is 23.1. The quantitative estimate of drug-likeness (QED) is 0.838. The molecule has 112 valence electrons. The number of amides is 1. The fourth-order valence-corrected chi connectivity index (χ4v) is 4.79. The van der Waals surface area contributed by atoms with Gasteiger partial charge in [0.25, 0.3) is 0 Å². The number of para-hydroxylation sites is 1. The van der Waals surface area contributed by atoms with Gasteiger partial charge in [0.1, 0.15) is 5.75 Å². The molecule has 3 nitrogen and oxygen atoms in total. The second kappa shape index (κ2) is 5.36. The molecule has 0 saturated carbocycles. The van der Waals surface area contributed by atoms with Gasteiger partial charge in [-0.1, -0.05) is 24.3 Å². The van der Waals surface area contributed by atoms with Crippen LogP contribution in [0.2, 0.25) is 0 Å². The minimum Gasteiger partial charge on any atom is -0.497 e. The number of carbonyl (C=O) groups is 1. The molecule has 2 aromatic rings. The van der Waals surface area contributed by atoms with Gasteiger partial charge in [-0.25, -0.2) is 0 Å². The van der Waals surface area contributed by atoms with Crippen LogP contribution in [0.4, 0.5) is 5.69 Å². The number of hydrogen-bond acceptors (Lipinski definition) is 3. The zero-order valence-corrected chi connectivity index (χ0v) is 13.2. The van der Waals surface area contributed by atoms with Crippen LogP contribution >= 0.6 is 11.8 Å². The first kappa shape index (κ1) is 13.7. The third kappa shape index (κ3) is 2.10.